The Balaban J connectivity index is 1.98. The number of amides is 2. The van der Waals surface area contributed by atoms with Crippen LogP contribution in [0.3, 0.4) is 0 Å². The lowest BCUT2D eigenvalue weighted by atomic mass is 10.1. The summed E-state index contributed by atoms with van der Waals surface area (Å²) in [6, 6.07) is 7.28. The summed E-state index contributed by atoms with van der Waals surface area (Å²) in [6.07, 6.45) is 0. The molecule has 2 rings (SSSR count). The van der Waals surface area contributed by atoms with E-state index >= 15 is 0 Å². The number of halogens is 2. The average Bonchev–Trinajstić information content (AvgIpc) is 2.67. The van der Waals surface area contributed by atoms with Crippen LogP contribution in [0.2, 0.25) is 0 Å². The predicted octanol–water partition coefficient (Wildman–Crippen LogP) is 3.32. The maximum atomic E-state index is 13.3. The van der Waals surface area contributed by atoms with Crippen molar-refractivity contribution in [3.63, 3.8) is 0 Å². The van der Waals surface area contributed by atoms with Gasteiger partial charge in [-0.25, -0.2) is 18.4 Å². The van der Waals surface area contributed by atoms with E-state index in [-0.39, 0.29) is 12.1 Å². The molecule has 0 spiro atoms. The van der Waals surface area contributed by atoms with Gasteiger partial charge in [0.25, 0.3) is 0 Å². The van der Waals surface area contributed by atoms with E-state index in [0.717, 1.165) is 12.1 Å². The SMILES string of the molecule is COC(=O)c1cc(CNC(=O)NC(C)c2ccc(F)c(F)c2)ccc1OC. The standard InChI is InChI=1S/C19H20F2N2O4/c1-11(13-5-6-15(20)16(21)9-13)23-19(25)22-10-12-4-7-17(26-2)14(8-12)18(24)27-3/h4-9,11H,10H2,1-3H3,(H2,22,23,25). The van der Waals surface area contributed by atoms with Gasteiger partial charge in [-0.2, -0.15) is 0 Å². The zero-order chi connectivity index (χ0) is 20.0. The van der Waals surface area contributed by atoms with Crippen LogP contribution in [0, 0.1) is 11.6 Å². The second-order valence-electron chi connectivity index (χ2n) is 5.75. The highest BCUT2D eigenvalue weighted by Crippen LogP contribution is 2.21. The third-order valence-electron chi connectivity index (χ3n) is 3.91. The molecule has 2 aromatic carbocycles. The first-order valence-electron chi connectivity index (χ1n) is 8.10. The van der Waals surface area contributed by atoms with Gasteiger partial charge in [-0.3, -0.25) is 0 Å². The summed E-state index contributed by atoms with van der Waals surface area (Å²) in [5.74, 6) is -2.11. The molecule has 2 aromatic rings. The molecular weight excluding hydrogens is 358 g/mol. The third-order valence-corrected chi connectivity index (χ3v) is 3.91. The Hall–Kier alpha value is -3.16. The zero-order valence-electron chi connectivity index (χ0n) is 15.1. The number of nitrogens with one attached hydrogen (secondary N) is 2. The molecule has 0 aliphatic rings. The minimum Gasteiger partial charge on any atom is -0.496 e. The van der Waals surface area contributed by atoms with Crippen LogP contribution in [0.5, 0.6) is 5.75 Å². The molecule has 2 amide bonds. The highest BCUT2D eigenvalue weighted by Gasteiger charge is 2.15. The fraction of sp³-hybridized carbons (Fsp3) is 0.263. The molecule has 0 bridgehead atoms. The molecule has 8 heteroatoms. The van der Waals surface area contributed by atoms with Crippen molar-refractivity contribution >= 4 is 12.0 Å². The van der Waals surface area contributed by atoms with Crippen molar-refractivity contribution in [2.45, 2.75) is 19.5 Å². The van der Waals surface area contributed by atoms with Crippen LogP contribution in [0.4, 0.5) is 13.6 Å². The zero-order valence-corrected chi connectivity index (χ0v) is 15.1. The molecule has 6 nitrogen and oxygen atoms in total. The van der Waals surface area contributed by atoms with Crippen molar-refractivity contribution in [2.75, 3.05) is 14.2 Å². The average molecular weight is 378 g/mol. The van der Waals surface area contributed by atoms with Gasteiger partial charge in [0, 0.05) is 6.54 Å². The monoisotopic (exact) mass is 378 g/mol. The van der Waals surface area contributed by atoms with E-state index in [1.165, 1.54) is 20.3 Å². The first kappa shape index (κ1) is 20.2. The van der Waals surface area contributed by atoms with Gasteiger partial charge in [0.2, 0.25) is 0 Å². The Bertz CT molecular complexity index is 842. The number of esters is 1. The second kappa shape index (κ2) is 8.98. The van der Waals surface area contributed by atoms with Crippen molar-refractivity contribution in [1.82, 2.24) is 10.6 Å². The fourth-order valence-corrected chi connectivity index (χ4v) is 2.43. The Morgan fingerprint density at radius 2 is 1.81 bits per heavy atom. The number of rotatable bonds is 6. The van der Waals surface area contributed by atoms with E-state index in [1.807, 2.05) is 0 Å². The molecule has 2 N–H and O–H groups in total. The number of hydrogen-bond acceptors (Lipinski definition) is 4. The molecule has 0 aliphatic heterocycles. The Morgan fingerprint density at radius 3 is 2.44 bits per heavy atom. The summed E-state index contributed by atoms with van der Waals surface area (Å²) >= 11 is 0. The van der Waals surface area contributed by atoms with Crippen LogP contribution in [0.15, 0.2) is 36.4 Å². The van der Waals surface area contributed by atoms with Gasteiger partial charge in [0.15, 0.2) is 11.6 Å². The van der Waals surface area contributed by atoms with Crippen molar-refractivity contribution < 1.29 is 27.8 Å². The lowest BCUT2D eigenvalue weighted by molar-refractivity contribution is 0.0597. The molecule has 0 saturated heterocycles. The predicted molar refractivity (Wildman–Crippen MR) is 94.5 cm³/mol. The first-order valence-corrected chi connectivity index (χ1v) is 8.10. The van der Waals surface area contributed by atoms with Gasteiger partial charge in [-0.15, -0.1) is 0 Å². The highest BCUT2D eigenvalue weighted by atomic mass is 19.2. The Kier molecular flexibility index (Phi) is 6.70. The maximum Gasteiger partial charge on any atom is 0.341 e. The van der Waals surface area contributed by atoms with Gasteiger partial charge < -0.3 is 20.1 Å². The van der Waals surface area contributed by atoms with Gasteiger partial charge in [0.1, 0.15) is 11.3 Å². The van der Waals surface area contributed by atoms with Gasteiger partial charge >= 0.3 is 12.0 Å². The molecule has 1 unspecified atom stereocenters. The van der Waals surface area contributed by atoms with Crippen LogP contribution in [-0.2, 0) is 11.3 Å². The molecule has 0 saturated carbocycles. The van der Waals surface area contributed by atoms with Crippen molar-refractivity contribution in [3.8, 4) is 5.75 Å². The quantitative estimate of drug-likeness (QED) is 0.756. The van der Waals surface area contributed by atoms with Gasteiger partial charge in [-0.05, 0) is 42.3 Å². The minimum atomic E-state index is -0.977. The maximum absolute atomic E-state index is 13.3. The van der Waals surface area contributed by atoms with Crippen molar-refractivity contribution in [2.24, 2.45) is 0 Å². The summed E-state index contributed by atoms with van der Waals surface area (Å²) in [5.41, 5.74) is 1.34. The highest BCUT2D eigenvalue weighted by molar-refractivity contribution is 5.92. The number of urea groups is 1. The van der Waals surface area contributed by atoms with Crippen LogP contribution < -0.4 is 15.4 Å². The van der Waals surface area contributed by atoms with E-state index in [9.17, 15) is 18.4 Å². The Morgan fingerprint density at radius 1 is 1.07 bits per heavy atom. The number of benzene rings is 2. The number of ether oxygens (including phenoxy) is 2. The lowest BCUT2D eigenvalue weighted by Crippen LogP contribution is -2.36. The molecule has 0 aliphatic carbocycles. The van der Waals surface area contributed by atoms with E-state index in [0.29, 0.717) is 16.9 Å². The van der Waals surface area contributed by atoms with Crippen LogP contribution in [-0.4, -0.2) is 26.2 Å². The summed E-state index contributed by atoms with van der Waals surface area (Å²) < 4.78 is 36.1. The van der Waals surface area contributed by atoms with Crippen LogP contribution in [0.1, 0.15) is 34.5 Å². The molecule has 0 fully saturated rings. The largest absolute Gasteiger partial charge is 0.496 e. The van der Waals surface area contributed by atoms with Gasteiger partial charge in [-0.1, -0.05) is 12.1 Å². The molecular formula is C19H20F2N2O4. The van der Waals surface area contributed by atoms with E-state index in [1.54, 1.807) is 25.1 Å². The summed E-state index contributed by atoms with van der Waals surface area (Å²) in [5, 5.41) is 5.27. The number of hydrogen-bond donors (Lipinski definition) is 2. The molecule has 0 radical (unpaired) electrons. The first-order chi connectivity index (χ1) is 12.8. The van der Waals surface area contributed by atoms with Crippen molar-refractivity contribution in [3.05, 3.63) is 64.7 Å². The number of methoxy groups -OCH3 is 2. The summed E-state index contributed by atoms with van der Waals surface area (Å²) in [7, 11) is 2.70. The summed E-state index contributed by atoms with van der Waals surface area (Å²) in [4.78, 5) is 23.8. The third kappa shape index (κ3) is 5.16. The molecule has 1 atom stereocenters. The molecule has 0 aromatic heterocycles. The van der Waals surface area contributed by atoms with E-state index in [2.05, 4.69) is 10.6 Å². The molecule has 144 valence electrons. The smallest absolute Gasteiger partial charge is 0.341 e. The fourth-order valence-electron chi connectivity index (χ4n) is 2.43. The number of carbonyl (C=O) groups is 2. The molecule has 0 heterocycles. The van der Waals surface area contributed by atoms with E-state index < -0.39 is 29.7 Å². The second-order valence-corrected chi connectivity index (χ2v) is 5.75. The van der Waals surface area contributed by atoms with Crippen LogP contribution in [0.25, 0.3) is 0 Å². The molecule has 27 heavy (non-hydrogen) atoms. The minimum absolute atomic E-state index is 0.143. The lowest BCUT2D eigenvalue weighted by Gasteiger charge is -2.16. The summed E-state index contributed by atoms with van der Waals surface area (Å²) in [6.45, 7) is 1.79. The normalized spacial score (nSPS) is 11.4. The van der Waals surface area contributed by atoms with Crippen LogP contribution >= 0.6 is 0 Å². The number of carbonyl (C=O) groups excluding carboxylic acids is 2. The van der Waals surface area contributed by atoms with E-state index in [4.69, 9.17) is 9.47 Å². The Labute approximate surface area is 155 Å². The van der Waals surface area contributed by atoms with Gasteiger partial charge in [0.05, 0.1) is 20.3 Å². The van der Waals surface area contributed by atoms with Crippen molar-refractivity contribution in [1.29, 1.82) is 0 Å². The topological polar surface area (TPSA) is 76.7 Å².